The molecule has 0 saturated carbocycles. The van der Waals surface area contributed by atoms with Crippen molar-refractivity contribution in [1.82, 2.24) is 9.55 Å². The van der Waals surface area contributed by atoms with Crippen LogP contribution >= 0.6 is 0 Å². The first-order valence-electron chi connectivity index (χ1n) is 5.80. The molecule has 0 aliphatic carbocycles. The fourth-order valence-electron chi connectivity index (χ4n) is 2.09. The maximum atomic E-state index is 4.45. The Bertz CT molecular complexity index is 463. The van der Waals surface area contributed by atoms with E-state index in [1.54, 1.807) is 0 Å². The van der Waals surface area contributed by atoms with E-state index in [4.69, 9.17) is 0 Å². The van der Waals surface area contributed by atoms with Crippen molar-refractivity contribution < 1.29 is 0 Å². The zero-order valence-electron chi connectivity index (χ0n) is 10.2. The van der Waals surface area contributed by atoms with Crippen LogP contribution in [0.5, 0.6) is 0 Å². The molecule has 0 amide bonds. The average Bonchev–Trinajstić information content (AvgIpc) is 2.65. The summed E-state index contributed by atoms with van der Waals surface area (Å²) in [6, 6.07) is 6.58. The van der Waals surface area contributed by atoms with Crippen LogP contribution in [-0.2, 0) is 6.54 Å². The summed E-state index contributed by atoms with van der Waals surface area (Å²) in [5, 5.41) is 0. The van der Waals surface area contributed by atoms with Gasteiger partial charge in [-0.1, -0.05) is 24.1 Å². The van der Waals surface area contributed by atoms with E-state index in [0.717, 1.165) is 18.8 Å². The fraction of sp³-hybridized carbons (Fsp3) is 0.357. The third-order valence-corrected chi connectivity index (χ3v) is 2.66. The van der Waals surface area contributed by atoms with E-state index < -0.39 is 0 Å². The van der Waals surface area contributed by atoms with E-state index in [1.165, 1.54) is 16.7 Å². The molecule has 0 N–H and O–H groups in total. The number of aromatic nitrogens is 2. The molecular formula is C14H18N2. The van der Waals surface area contributed by atoms with Gasteiger partial charge in [0.05, 0.1) is 0 Å². The molecule has 0 unspecified atom stereocenters. The van der Waals surface area contributed by atoms with Gasteiger partial charge in [-0.2, -0.15) is 0 Å². The van der Waals surface area contributed by atoms with Gasteiger partial charge in [-0.05, 0) is 32.4 Å². The van der Waals surface area contributed by atoms with Crippen molar-refractivity contribution in [2.75, 3.05) is 0 Å². The Morgan fingerprint density at radius 3 is 2.44 bits per heavy atom. The topological polar surface area (TPSA) is 17.8 Å². The molecule has 0 atom stereocenters. The normalized spacial score (nSPS) is 10.7. The van der Waals surface area contributed by atoms with Gasteiger partial charge in [-0.25, -0.2) is 4.98 Å². The van der Waals surface area contributed by atoms with Gasteiger partial charge in [0.15, 0.2) is 0 Å². The second-order valence-corrected chi connectivity index (χ2v) is 4.32. The van der Waals surface area contributed by atoms with Crippen LogP contribution in [0.15, 0.2) is 30.6 Å². The molecule has 2 aromatic rings. The molecule has 0 saturated heterocycles. The summed E-state index contributed by atoms with van der Waals surface area (Å²) in [5.41, 5.74) is 3.80. The Kier molecular flexibility index (Phi) is 3.09. The molecule has 2 rings (SSSR count). The second-order valence-electron chi connectivity index (χ2n) is 4.32. The maximum Gasteiger partial charge on any atom is 0.139 e. The third-order valence-electron chi connectivity index (χ3n) is 2.66. The largest absolute Gasteiger partial charge is 0.331 e. The lowest BCUT2D eigenvalue weighted by molar-refractivity contribution is 0.685. The monoisotopic (exact) mass is 214 g/mol. The summed E-state index contributed by atoms with van der Waals surface area (Å²) in [6.07, 6.45) is 5.06. The summed E-state index contributed by atoms with van der Waals surface area (Å²) in [4.78, 5) is 4.45. The lowest BCUT2D eigenvalue weighted by Gasteiger charge is -2.08. The number of hydrogen-bond acceptors (Lipinski definition) is 1. The van der Waals surface area contributed by atoms with Gasteiger partial charge < -0.3 is 4.57 Å². The molecule has 1 aromatic carbocycles. The SMILES string of the molecule is CCCn1ccnc1-c1cc(C)cc(C)c1. The van der Waals surface area contributed by atoms with Crippen LogP contribution in [0.2, 0.25) is 0 Å². The quantitative estimate of drug-likeness (QED) is 0.763. The molecule has 0 radical (unpaired) electrons. The minimum atomic E-state index is 1.03. The number of imidazole rings is 1. The van der Waals surface area contributed by atoms with Crippen LogP contribution in [-0.4, -0.2) is 9.55 Å². The van der Waals surface area contributed by atoms with E-state index in [1.807, 2.05) is 6.20 Å². The van der Waals surface area contributed by atoms with Gasteiger partial charge in [0.1, 0.15) is 5.82 Å². The Morgan fingerprint density at radius 2 is 1.81 bits per heavy atom. The van der Waals surface area contributed by atoms with Crippen molar-refractivity contribution in [2.24, 2.45) is 0 Å². The van der Waals surface area contributed by atoms with E-state index in [-0.39, 0.29) is 0 Å². The summed E-state index contributed by atoms with van der Waals surface area (Å²) in [5.74, 6) is 1.08. The first-order valence-corrected chi connectivity index (χ1v) is 5.80. The zero-order chi connectivity index (χ0) is 11.5. The lowest BCUT2D eigenvalue weighted by Crippen LogP contribution is -1.98. The lowest BCUT2D eigenvalue weighted by atomic mass is 10.1. The van der Waals surface area contributed by atoms with Crippen LogP contribution in [0.1, 0.15) is 24.5 Å². The number of benzene rings is 1. The zero-order valence-corrected chi connectivity index (χ0v) is 10.2. The molecule has 0 aliphatic heterocycles. The van der Waals surface area contributed by atoms with Crippen LogP contribution < -0.4 is 0 Å². The van der Waals surface area contributed by atoms with Crippen molar-refractivity contribution in [3.63, 3.8) is 0 Å². The number of rotatable bonds is 3. The molecule has 16 heavy (non-hydrogen) atoms. The van der Waals surface area contributed by atoms with E-state index in [0.29, 0.717) is 0 Å². The highest BCUT2D eigenvalue weighted by Crippen LogP contribution is 2.20. The van der Waals surface area contributed by atoms with Gasteiger partial charge in [-0.3, -0.25) is 0 Å². The standard InChI is InChI=1S/C14H18N2/c1-4-6-16-7-5-15-14(16)13-9-11(2)8-12(3)10-13/h5,7-10H,4,6H2,1-3H3. The Balaban J connectivity index is 2.45. The molecule has 0 aliphatic rings. The van der Waals surface area contributed by atoms with E-state index >= 15 is 0 Å². The predicted octanol–water partition coefficient (Wildman–Crippen LogP) is 3.58. The van der Waals surface area contributed by atoms with Gasteiger partial charge in [-0.15, -0.1) is 0 Å². The minimum Gasteiger partial charge on any atom is -0.331 e. The number of hydrogen-bond donors (Lipinski definition) is 0. The second kappa shape index (κ2) is 4.52. The Morgan fingerprint density at radius 1 is 1.12 bits per heavy atom. The molecule has 1 heterocycles. The first-order chi connectivity index (χ1) is 7.70. The van der Waals surface area contributed by atoms with Gasteiger partial charge in [0.25, 0.3) is 0 Å². The summed E-state index contributed by atoms with van der Waals surface area (Å²) in [6.45, 7) is 7.47. The molecule has 2 nitrogen and oxygen atoms in total. The molecule has 84 valence electrons. The van der Waals surface area contributed by atoms with Crippen LogP contribution in [0.4, 0.5) is 0 Å². The fourth-order valence-corrected chi connectivity index (χ4v) is 2.09. The third kappa shape index (κ3) is 2.16. The minimum absolute atomic E-state index is 1.03. The van der Waals surface area contributed by atoms with Crippen LogP contribution in [0.25, 0.3) is 11.4 Å². The Labute approximate surface area is 97.0 Å². The van der Waals surface area contributed by atoms with Crippen molar-refractivity contribution in [3.8, 4) is 11.4 Å². The summed E-state index contributed by atoms with van der Waals surface area (Å²) < 4.78 is 2.22. The summed E-state index contributed by atoms with van der Waals surface area (Å²) in [7, 11) is 0. The average molecular weight is 214 g/mol. The van der Waals surface area contributed by atoms with Crippen LogP contribution in [0, 0.1) is 13.8 Å². The molecule has 2 heteroatoms. The predicted molar refractivity (Wildman–Crippen MR) is 67.4 cm³/mol. The highest BCUT2D eigenvalue weighted by molar-refractivity contribution is 5.58. The number of aryl methyl sites for hydroxylation is 3. The molecular weight excluding hydrogens is 196 g/mol. The maximum absolute atomic E-state index is 4.45. The van der Waals surface area contributed by atoms with E-state index in [9.17, 15) is 0 Å². The smallest absolute Gasteiger partial charge is 0.139 e. The van der Waals surface area contributed by atoms with Gasteiger partial charge in [0, 0.05) is 24.5 Å². The highest BCUT2D eigenvalue weighted by Gasteiger charge is 2.05. The molecule has 1 aromatic heterocycles. The van der Waals surface area contributed by atoms with E-state index in [2.05, 4.69) is 54.7 Å². The van der Waals surface area contributed by atoms with Crippen LogP contribution in [0.3, 0.4) is 0 Å². The van der Waals surface area contributed by atoms with Gasteiger partial charge in [0.2, 0.25) is 0 Å². The van der Waals surface area contributed by atoms with Crippen molar-refractivity contribution in [1.29, 1.82) is 0 Å². The molecule has 0 spiro atoms. The Hall–Kier alpha value is -1.57. The first kappa shape index (κ1) is 10.9. The van der Waals surface area contributed by atoms with Gasteiger partial charge >= 0.3 is 0 Å². The number of nitrogens with zero attached hydrogens (tertiary/aromatic N) is 2. The summed E-state index contributed by atoms with van der Waals surface area (Å²) >= 11 is 0. The van der Waals surface area contributed by atoms with Crippen molar-refractivity contribution in [3.05, 3.63) is 41.7 Å². The molecule has 0 fully saturated rings. The van der Waals surface area contributed by atoms with Crippen molar-refractivity contribution >= 4 is 0 Å². The highest BCUT2D eigenvalue weighted by atomic mass is 15.1. The van der Waals surface area contributed by atoms with Crippen molar-refractivity contribution in [2.45, 2.75) is 33.7 Å². The molecule has 0 bridgehead atoms.